The van der Waals surface area contributed by atoms with E-state index in [-0.39, 0.29) is 5.91 Å². The number of rotatable bonds is 2. The summed E-state index contributed by atoms with van der Waals surface area (Å²) < 4.78 is 1.92. The molecule has 5 nitrogen and oxygen atoms in total. The van der Waals surface area contributed by atoms with Crippen molar-refractivity contribution in [2.75, 3.05) is 16.8 Å². The van der Waals surface area contributed by atoms with E-state index in [1.54, 1.807) is 0 Å². The summed E-state index contributed by atoms with van der Waals surface area (Å²) in [5.74, 6) is 1.19. The molecule has 0 aromatic carbocycles. The number of anilines is 2. The lowest BCUT2D eigenvalue weighted by Crippen LogP contribution is -2.44. The number of amides is 1. The standard InChI is InChI=1S/C13H20N4O/c1-3-10-12-13(16(2)15-10)17(8-11(18)14-12)9-6-4-5-7-9/h9H,3-8H2,1-2H3,(H,14,18). The number of nitrogens with zero attached hydrogens (tertiary/aromatic N) is 3. The van der Waals surface area contributed by atoms with E-state index in [4.69, 9.17) is 0 Å². The zero-order chi connectivity index (χ0) is 12.7. The number of carbonyl (C=O) groups is 1. The Labute approximate surface area is 107 Å². The summed E-state index contributed by atoms with van der Waals surface area (Å²) in [6, 6.07) is 0.509. The quantitative estimate of drug-likeness (QED) is 0.866. The van der Waals surface area contributed by atoms with Crippen molar-refractivity contribution in [2.45, 2.75) is 45.1 Å². The van der Waals surface area contributed by atoms with Gasteiger partial charge in [-0.25, -0.2) is 0 Å². The van der Waals surface area contributed by atoms with E-state index in [1.807, 2.05) is 11.7 Å². The Kier molecular flexibility index (Phi) is 2.76. The molecule has 0 bridgehead atoms. The smallest absolute Gasteiger partial charge is 0.244 e. The van der Waals surface area contributed by atoms with Crippen LogP contribution in [-0.2, 0) is 18.3 Å². The van der Waals surface area contributed by atoms with E-state index in [0.717, 1.165) is 23.6 Å². The molecule has 1 aliphatic heterocycles. The minimum atomic E-state index is 0.0945. The van der Waals surface area contributed by atoms with Crippen LogP contribution in [0, 0.1) is 0 Å². The zero-order valence-corrected chi connectivity index (χ0v) is 11.1. The van der Waals surface area contributed by atoms with E-state index >= 15 is 0 Å². The van der Waals surface area contributed by atoms with Crippen LogP contribution in [0.25, 0.3) is 0 Å². The highest BCUT2D eigenvalue weighted by atomic mass is 16.2. The van der Waals surface area contributed by atoms with Crippen LogP contribution in [0.3, 0.4) is 0 Å². The van der Waals surface area contributed by atoms with Gasteiger partial charge in [-0.2, -0.15) is 5.10 Å². The molecule has 0 radical (unpaired) electrons. The summed E-state index contributed by atoms with van der Waals surface area (Å²) in [7, 11) is 1.97. The average molecular weight is 248 g/mol. The summed E-state index contributed by atoms with van der Waals surface area (Å²) in [6.07, 6.45) is 5.79. The predicted octanol–water partition coefficient (Wildman–Crippen LogP) is 1.68. The fraction of sp³-hybridized carbons (Fsp3) is 0.692. The maximum absolute atomic E-state index is 11.9. The van der Waals surface area contributed by atoms with Crippen molar-refractivity contribution in [3.05, 3.63) is 5.69 Å². The number of aromatic nitrogens is 2. The Morgan fingerprint density at radius 1 is 1.39 bits per heavy atom. The number of hydrogen-bond acceptors (Lipinski definition) is 3. The molecule has 18 heavy (non-hydrogen) atoms. The molecule has 1 saturated carbocycles. The van der Waals surface area contributed by atoms with E-state index < -0.39 is 0 Å². The lowest BCUT2D eigenvalue weighted by atomic mass is 10.1. The van der Waals surface area contributed by atoms with Crippen LogP contribution in [0.5, 0.6) is 0 Å². The lowest BCUT2D eigenvalue weighted by Gasteiger charge is -2.34. The van der Waals surface area contributed by atoms with E-state index in [1.165, 1.54) is 25.7 Å². The summed E-state index contributed by atoms with van der Waals surface area (Å²) in [5, 5.41) is 7.52. The number of nitrogens with one attached hydrogen (secondary N) is 1. The first-order chi connectivity index (χ1) is 8.70. The summed E-state index contributed by atoms with van der Waals surface area (Å²) >= 11 is 0. The third-order valence-electron chi connectivity index (χ3n) is 4.04. The molecule has 0 unspecified atom stereocenters. The van der Waals surface area contributed by atoms with E-state index in [2.05, 4.69) is 22.2 Å². The molecule has 1 aliphatic carbocycles. The monoisotopic (exact) mass is 248 g/mol. The third-order valence-corrected chi connectivity index (χ3v) is 4.04. The first-order valence-corrected chi connectivity index (χ1v) is 6.83. The van der Waals surface area contributed by atoms with Crippen molar-refractivity contribution in [3.63, 3.8) is 0 Å². The topological polar surface area (TPSA) is 50.2 Å². The van der Waals surface area contributed by atoms with Crippen molar-refractivity contribution in [1.29, 1.82) is 0 Å². The van der Waals surface area contributed by atoms with Crippen molar-refractivity contribution >= 4 is 17.4 Å². The number of carbonyl (C=O) groups excluding carboxylic acids is 1. The van der Waals surface area contributed by atoms with Crippen molar-refractivity contribution in [1.82, 2.24) is 9.78 Å². The first-order valence-electron chi connectivity index (χ1n) is 6.83. The minimum absolute atomic E-state index is 0.0945. The summed E-state index contributed by atoms with van der Waals surface area (Å²) in [5.41, 5.74) is 1.92. The molecule has 98 valence electrons. The molecule has 0 spiro atoms. The number of aryl methyl sites for hydroxylation is 2. The van der Waals surface area contributed by atoms with Gasteiger partial charge < -0.3 is 10.2 Å². The summed E-state index contributed by atoms with van der Waals surface area (Å²) in [6.45, 7) is 2.55. The molecule has 2 heterocycles. The van der Waals surface area contributed by atoms with Crippen molar-refractivity contribution < 1.29 is 4.79 Å². The van der Waals surface area contributed by atoms with Gasteiger partial charge in [0, 0.05) is 13.1 Å². The highest BCUT2D eigenvalue weighted by Gasteiger charge is 2.33. The maximum atomic E-state index is 11.9. The second kappa shape index (κ2) is 4.30. The van der Waals surface area contributed by atoms with Crippen LogP contribution < -0.4 is 10.2 Å². The fourth-order valence-corrected chi connectivity index (χ4v) is 3.20. The van der Waals surface area contributed by atoms with E-state index in [9.17, 15) is 4.79 Å². The van der Waals surface area contributed by atoms with Crippen molar-refractivity contribution in [3.8, 4) is 0 Å². The molecule has 3 rings (SSSR count). The average Bonchev–Trinajstić information content (AvgIpc) is 2.96. The second-order valence-electron chi connectivity index (χ2n) is 5.24. The molecule has 1 aromatic heterocycles. The van der Waals surface area contributed by atoms with Crippen LogP contribution >= 0.6 is 0 Å². The molecule has 2 aliphatic rings. The van der Waals surface area contributed by atoms with Gasteiger partial charge in [-0.1, -0.05) is 19.8 Å². The Hall–Kier alpha value is -1.52. The largest absolute Gasteiger partial charge is 0.343 e. The zero-order valence-electron chi connectivity index (χ0n) is 11.1. The van der Waals surface area contributed by atoms with Crippen LogP contribution in [0.2, 0.25) is 0 Å². The first kappa shape index (κ1) is 11.6. The Morgan fingerprint density at radius 3 is 2.78 bits per heavy atom. The Balaban J connectivity index is 2.03. The van der Waals surface area contributed by atoms with Gasteiger partial charge in [0.15, 0.2) is 5.82 Å². The molecule has 0 atom stereocenters. The molecular weight excluding hydrogens is 228 g/mol. The highest BCUT2D eigenvalue weighted by Crippen LogP contribution is 2.37. The van der Waals surface area contributed by atoms with Gasteiger partial charge in [0.25, 0.3) is 0 Å². The van der Waals surface area contributed by atoms with Crippen LogP contribution in [0.1, 0.15) is 38.3 Å². The van der Waals surface area contributed by atoms with Crippen LogP contribution in [0.4, 0.5) is 11.5 Å². The van der Waals surface area contributed by atoms with Gasteiger partial charge in [0.05, 0.1) is 12.2 Å². The minimum Gasteiger partial charge on any atom is -0.343 e. The molecular formula is C13H20N4O. The van der Waals surface area contributed by atoms with Gasteiger partial charge in [0.1, 0.15) is 5.69 Å². The van der Waals surface area contributed by atoms with Crippen LogP contribution in [0.15, 0.2) is 0 Å². The maximum Gasteiger partial charge on any atom is 0.244 e. The van der Waals surface area contributed by atoms with Gasteiger partial charge in [-0.15, -0.1) is 0 Å². The van der Waals surface area contributed by atoms with Gasteiger partial charge in [-0.05, 0) is 19.3 Å². The Morgan fingerprint density at radius 2 is 2.11 bits per heavy atom. The second-order valence-corrected chi connectivity index (χ2v) is 5.24. The molecule has 1 aromatic rings. The SMILES string of the molecule is CCc1nn(C)c2c1NC(=O)CN2C1CCCC1. The van der Waals surface area contributed by atoms with Gasteiger partial charge in [0.2, 0.25) is 5.91 Å². The Bertz CT molecular complexity index is 474. The van der Waals surface area contributed by atoms with Crippen molar-refractivity contribution in [2.24, 2.45) is 7.05 Å². The van der Waals surface area contributed by atoms with Gasteiger partial charge in [-0.3, -0.25) is 9.48 Å². The normalized spacial score (nSPS) is 20.1. The third kappa shape index (κ3) is 1.69. The fourth-order valence-electron chi connectivity index (χ4n) is 3.20. The highest BCUT2D eigenvalue weighted by molar-refractivity contribution is 6.01. The summed E-state index contributed by atoms with van der Waals surface area (Å²) in [4.78, 5) is 14.1. The van der Waals surface area contributed by atoms with Crippen LogP contribution in [-0.4, -0.2) is 28.3 Å². The van der Waals surface area contributed by atoms with Gasteiger partial charge >= 0.3 is 0 Å². The van der Waals surface area contributed by atoms with E-state index in [0.29, 0.717) is 12.6 Å². The lowest BCUT2D eigenvalue weighted by molar-refractivity contribution is -0.115. The number of hydrogen-bond donors (Lipinski definition) is 1. The molecule has 1 amide bonds. The predicted molar refractivity (Wildman–Crippen MR) is 70.8 cm³/mol. The number of fused-ring (bicyclic) bond motifs is 1. The molecule has 1 fully saturated rings. The molecule has 0 saturated heterocycles. The molecule has 1 N–H and O–H groups in total. The molecule has 5 heteroatoms.